The fourth-order valence-electron chi connectivity index (χ4n) is 2.46. The summed E-state index contributed by atoms with van der Waals surface area (Å²) in [5.74, 6) is 2.31. The fraction of sp³-hybridized carbons (Fsp3) is 0.211. The summed E-state index contributed by atoms with van der Waals surface area (Å²) in [6, 6.07) is 14.8. The van der Waals surface area contributed by atoms with E-state index in [-0.39, 0.29) is 11.7 Å². The molecule has 0 aliphatic carbocycles. The van der Waals surface area contributed by atoms with E-state index in [4.69, 9.17) is 9.47 Å². The van der Waals surface area contributed by atoms with Crippen LogP contribution < -0.4 is 14.8 Å². The van der Waals surface area contributed by atoms with Crippen molar-refractivity contribution in [3.8, 4) is 22.9 Å². The molecule has 0 radical (unpaired) electrons. The quantitative estimate of drug-likeness (QED) is 0.630. The summed E-state index contributed by atoms with van der Waals surface area (Å²) < 4.78 is 12.2. The lowest BCUT2D eigenvalue weighted by atomic mass is 10.2. The van der Waals surface area contributed by atoms with Crippen molar-refractivity contribution in [2.75, 3.05) is 25.3 Å². The Bertz CT molecular complexity index is 925. The average molecular weight is 384 g/mol. The molecule has 0 fully saturated rings. The Morgan fingerprint density at radius 2 is 1.81 bits per heavy atom. The molecule has 27 heavy (non-hydrogen) atoms. The Hall–Kier alpha value is -3.00. The zero-order valence-electron chi connectivity index (χ0n) is 15.3. The zero-order valence-corrected chi connectivity index (χ0v) is 16.1. The van der Waals surface area contributed by atoms with Gasteiger partial charge in [-0.05, 0) is 36.4 Å². The maximum atomic E-state index is 12.2. The molecule has 140 valence electrons. The van der Waals surface area contributed by atoms with Gasteiger partial charge < -0.3 is 19.4 Å². The van der Waals surface area contributed by atoms with Crippen LogP contribution in [0.2, 0.25) is 0 Å². The Kier molecular flexibility index (Phi) is 5.97. The molecular weight excluding hydrogens is 364 g/mol. The third-order valence-corrected chi connectivity index (χ3v) is 4.89. The van der Waals surface area contributed by atoms with Crippen LogP contribution in [0.4, 0.5) is 5.69 Å². The zero-order chi connectivity index (χ0) is 19.2. The van der Waals surface area contributed by atoms with Gasteiger partial charge in [0.05, 0.1) is 20.0 Å². The van der Waals surface area contributed by atoms with Crippen molar-refractivity contribution in [2.45, 2.75) is 5.16 Å². The van der Waals surface area contributed by atoms with E-state index in [1.165, 1.54) is 11.8 Å². The molecule has 0 aliphatic rings. The number of carbonyl (C=O) groups excluding carboxylic acids is 1. The van der Waals surface area contributed by atoms with Gasteiger partial charge in [0.25, 0.3) is 0 Å². The first kappa shape index (κ1) is 18.8. The molecule has 1 amide bonds. The van der Waals surface area contributed by atoms with Gasteiger partial charge in [-0.25, -0.2) is 0 Å². The van der Waals surface area contributed by atoms with E-state index in [1.54, 1.807) is 20.3 Å². The monoisotopic (exact) mass is 384 g/mol. The number of amides is 1. The molecule has 1 heterocycles. The van der Waals surface area contributed by atoms with Crippen molar-refractivity contribution in [3.05, 3.63) is 48.5 Å². The van der Waals surface area contributed by atoms with Gasteiger partial charge in [0, 0.05) is 24.4 Å². The second-order valence-corrected chi connectivity index (χ2v) is 6.61. The lowest BCUT2D eigenvalue weighted by Gasteiger charge is -2.07. The van der Waals surface area contributed by atoms with Crippen LogP contribution in [0, 0.1) is 0 Å². The van der Waals surface area contributed by atoms with Crippen molar-refractivity contribution in [3.63, 3.8) is 0 Å². The summed E-state index contributed by atoms with van der Waals surface area (Å²) in [5.41, 5.74) is 1.62. The van der Waals surface area contributed by atoms with Gasteiger partial charge in [-0.1, -0.05) is 17.8 Å². The molecule has 0 unspecified atom stereocenters. The molecule has 1 N–H and O–H groups in total. The Labute approximate surface area is 161 Å². The van der Waals surface area contributed by atoms with Crippen LogP contribution in [0.1, 0.15) is 0 Å². The summed E-state index contributed by atoms with van der Waals surface area (Å²) in [7, 11) is 5.09. The fourth-order valence-corrected chi connectivity index (χ4v) is 3.17. The molecule has 0 saturated carbocycles. The number of methoxy groups -OCH3 is 2. The maximum Gasteiger partial charge on any atom is 0.234 e. The first-order chi connectivity index (χ1) is 13.1. The molecule has 0 atom stereocenters. The highest BCUT2D eigenvalue weighted by atomic mass is 32.2. The van der Waals surface area contributed by atoms with E-state index in [1.807, 2.05) is 54.1 Å². The number of nitrogens with zero attached hydrogens (tertiary/aromatic N) is 3. The van der Waals surface area contributed by atoms with E-state index in [9.17, 15) is 4.79 Å². The number of aromatic nitrogens is 3. The summed E-state index contributed by atoms with van der Waals surface area (Å²) in [6.45, 7) is 0. The van der Waals surface area contributed by atoms with E-state index in [2.05, 4.69) is 15.5 Å². The van der Waals surface area contributed by atoms with Crippen molar-refractivity contribution in [2.24, 2.45) is 7.05 Å². The van der Waals surface area contributed by atoms with Crippen molar-refractivity contribution in [1.82, 2.24) is 14.8 Å². The molecule has 1 aromatic heterocycles. The van der Waals surface area contributed by atoms with Crippen LogP contribution >= 0.6 is 11.8 Å². The minimum absolute atomic E-state index is 0.123. The Balaban J connectivity index is 1.62. The van der Waals surface area contributed by atoms with Gasteiger partial charge in [-0.2, -0.15) is 0 Å². The van der Waals surface area contributed by atoms with Crippen LogP contribution in [0.15, 0.2) is 53.7 Å². The minimum Gasteiger partial charge on any atom is -0.497 e. The van der Waals surface area contributed by atoms with E-state index >= 15 is 0 Å². The van der Waals surface area contributed by atoms with Crippen LogP contribution in [0.25, 0.3) is 11.4 Å². The normalized spacial score (nSPS) is 10.5. The van der Waals surface area contributed by atoms with Crippen molar-refractivity contribution >= 4 is 23.4 Å². The average Bonchev–Trinajstić information content (AvgIpc) is 3.07. The lowest BCUT2D eigenvalue weighted by Crippen LogP contribution is -2.14. The maximum absolute atomic E-state index is 12.2. The van der Waals surface area contributed by atoms with Crippen molar-refractivity contribution in [1.29, 1.82) is 0 Å². The second kappa shape index (κ2) is 8.59. The molecule has 7 nitrogen and oxygen atoms in total. The largest absolute Gasteiger partial charge is 0.497 e. The first-order valence-corrected chi connectivity index (χ1v) is 9.20. The van der Waals surface area contributed by atoms with E-state index in [0.29, 0.717) is 16.6 Å². The smallest absolute Gasteiger partial charge is 0.234 e. The summed E-state index contributed by atoms with van der Waals surface area (Å²) in [6.07, 6.45) is 0. The van der Waals surface area contributed by atoms with Gasteiger partial charge in [0.1, 0.15) is 11.5 Å². The third-order valence-electron chi connectivity index (χ3n) is 3.87. The first-order valence-electron chi connectivity index (χ1n) is 8.21. The molecule has 2 aromatic carbocycles. The molecule has 0 bridgehead atoms. The molecule has 0 saturated heterocycles. The van der Waals surface area contributed by atoms with Crippen LogP contribution in [0.3, 0.4) is 0 Å². The highest BCUT2D eigenvalue weighted by Crippen LogP contribution is 2.24. The van der Waals surface area contributed by atoms with Gasteiger partial charge in [0.15, 0.2) is 11.0 Å². The van der Waals surface area contributed by atoms with Gasteiger partial charge in [0.2, 0.25) is 5.91 Å². The Morgan fingerprint density at radius 1 is 1.07 bits per heavy atom. The van der Waals surface area contributed by atoms with Crippen molar-refractivity contribution < 1.29 is 14.3 Å². The topological polar surface area (TPSA) is 78.3 Å². The molecule has 0 aliphatic heterocycles. The highest BCUT2D eigenvalue weighted by molar-refractivity contribution is 7.99. The summed E-state index contributed by atoms with van der Waals surface area (Å²) in [5, 5.41) is 11.9. The van der Waals surface area contributed by atoms with Crippen LogP contribution in [-0.4, -0.2) is 40.6 Å². The van der Waals surface area contributed by atoms with Crippen LogP contribution in [0.5, 0.6) is 11.5 Å². The molecule has 3 aromatic rings. The SMILES string of the molecule is COc1ccc(-c2nnc(SCC(=O)Nc3cccc(OC)c3)n2C)cc1. The predicted molar refractivity (Wildman–Crippen MR) is 105 cm³/mol. The van der Waals surface area contributed by atoms with Crippen LogP contribution in [-0.2, 0) is 11.8 Å². The standard InChI is InChI=1S/C19H20N4O3S/c1-23-18(13-7-9-15(25-2)10-8-13)21-22-19(23)27-12-17(24)20-14-5-4-6-16(11-14)26-3/h4-11H,12H2,1-3H3,(H,20,24). The minimum atomic E-state index is -0.123. The molecule has 8 heteroatoms. The van der Waals surface area contributed by atoms with Gasteiger partial charge >= 0.3 is 0 Å². The molecule has 0 spiro atoms. The summed E-state index contributed by atoms with van der Waals surface area (Å²) in [4.78, 5) is 12.2. The molecule has 3 rings (SSSR count). The second-order valence-electron chi connectivity index (χ2n) is 5.66. The highest BCUT2D eigenvalue weighted by Gasteiger charge is 2.13. The van der Waals surface area contributed by atoms with E-state index in [0.717, 1.165) is 17.1 Å². The number of thioether (sulfide) groups is 1. The summed E-state index contributed by atoms with van der Waals surface area (Å²) >= 11 is 1.33. The number of benzene rings is 2. The number of hydrogen-bond donors (Lipinski definition) is 1. The van der Waals surface area contributed by atoms with Gasteiger partial charge in [-0.3, -0.25) is 4.79 Å². The molecular formula is C19H20N4O3S. The number of ether oxygens (including phenoxy) is 2. The lowest BCUT2D eigenvalue weighted by molar-refractivity contribution is -0.113. The number of rotatable bonds is 7. The predicted octanol–water partition coefficient (Wildman–Crippen LogP) is 3.23. The number of carbonyl (C=O) groups is 1. The number of anilines is 1. The Morgan fingerprint density at radius 3 is 2.52 bits per heavy atom. The van der Waals surface area contributed by atoms with E-state index < -0.39 is 0 Å². The third kappa shape index (κ3) is 4.59. The van der Waals surface area contributed by atoms with Gasteiger partial charge in [-0.15, -0.1) is 10.2 Å². The number of nitrogens with one attached hydrogen (secondary N) is 1. The number of hydrogen-bond acceptors (Lipinski definition) is 6.